The van der Waals surface area contributed by atoms with E-state index < -0.39 is 21.2 Å². The molecule has 0 aromatic heterocycles. The van der Waals surface area contributed by atoms with Gasteiger partial charge in [0.05, 0.1) is 15.5 Å². The summed E-state index contributed by atoms with van der Waals surface area (Å²) in [5.41, 5.74) is 0.0518. The number of rotatable bonds is 4. The number of hydrogen-bond donors (Lipinski definition) is 0. The van der Waals surface area contributed by atoms with E-state index in [1.807, 2.05) is 0 Å². The average Bonchev–Trinajstić information content (AvgIpc) is 2.90. The molecular weight excluding hydrogens is 214 g/mol. The van der Waals surface area contributed by atoms with Crippen molar-refractivity contribution in [3.05, 3.63) is 45.0 Å². The van der Waals surface area contributed by atoms with E-state index >= 15 is 0 Å². The molecule has 0 spiro atoms. The van der Waals surface area contributed by atoms with Crippen molar-refractivity contribution in [2.45, 2.75) is 0 Å². The van der Waals surface area contributed by atoms with Gasteiger partial charge in [-0.25, -0.2) is 0 Å². The van der Waals surface area contributed by atoms with Crippen LogP contribution < -0.4 is 4.90 Å². The highest BCUT2D eigenvalue weighted by atomic mass is 16.6. The Kier molecular flexibility index (Phi) is 2.08. The Bertz CT molecular complexity index is 512. The van der Waals surface area contributed by atoms with Gasteiger partial charge in [-0.15, -0.1) is 6.58 Å². The third kappa shape index (κ3) is 1.29. The van der Waals surface area contributed by atoms with Crippen LogP contribution in [0.25, 0.3) is 0 Å². The van der Waals surface area contributed by atoms with Gasteiger partial charge in [0.1, 0.15) is 0 Å². The highest BCUT2D eigenvalue weighted by Gasteiger charge is 2.43. The van der Waals surface area contributed by atoms with E-state index in [0.29, 0.717) is 17.9 Å². The van der Waals surface area contributed by atoms with Crippen LogP contribution in [0, 0.1) is 20.2 Å². The van der Waals surface area contributed by atoms with Gasteiger partial charge >= 0.3 is 11.4 Å². The Morgan fingerprint density at radius 1 is 1.31 bits per heavy atom. The van der Waals surface area contributed by atoms with E-state index in [4.69, 9.17) is 0 Å². The molecule has 7 heteroatoms. The molecule has 0 bridgehead atoms. The van der Waals surface area contributed by atoms with Gasteiger partial charge in [0.25, 0.3) is 0 Å². The summed E-state index contributed by atoms with van der Waals surface area (Å²) in [6.07, 6.45) is 1.58. The molecule has 0 radical (unpaired) electrons. The number of fused-ring (bicyclic) bond motifs is 1. The molecule has 0 N–H and O–H groups in total. The SMILES string of the molecule is C=CCN1c2ccc([N+](=O)[O-])c([N+](=O)[O-])c21. The first-order valence-electron chi connectivity index (χ1n) is 4.42. The smallest absolute Gasteiger partial charge is 0.328 e. The molecule has 0 fully saturated rings. The molecule has 1 aliphatic rings. The summed E-state index contributed by atoms with van der Waals surface area (Å²) in [5.74, 6) is 0. The molecule has 2 rings (SSSR count). The number of benzene rings is 1. The molecule has 0 aliphatic carbocycles. The second-order valence-corrected chi connectivity index (χ2v) is 3.21. The Labute approximate surface area is 89.9 Å². The largest absolute Gasteiger partial charge is 0.371 e. The van der Waals surface area contributed by atoms with Crippen LogP contribution >= 0.6 is 0 Å². The first kappa shape index (κ1) is 10.1. The molecule has 0 unspecified atom stereocenters. The van der Waals surface area contributed by atoms with Crippen molar-refractivity contribution in [1.29, 1.82) is 0 Å². The average molecular weight is 221 g/mol. The fraction of sp³-hybridized carbons (Fsp3) is 0.111. The van der Waals surface area contributed by atoms with E-state index in [-0.39, 0.29) is 0 Å². The van der Waals surface area contributed by atoms with Gasteiger partial charge in [-0.2, -0.15) is 0 Å². The van der Waals surface area contributed by atoms with Crippen molar-refractivity contribution in [1.82, 2.24) is 0 Å². The van der Waals surface area contributed by atoms with Gasteiger partial charge in [-0.3, -0.25) is 20.2 Å². The van der Waals surface area contributed by atoms with Crippen LogP contribution in [0.1, 0.15) is 0 Å². The van der Waals surface area contributed by atoms with Gasteiger partial charge in [0.2, 0.25) is 0 Å². The third-order valence-corrected chi connectivity index (χ3v) is 2.31. The van der Waals surface area contributed by atoms with Crippen LogP contribution in [0.5, 0.6) is 0 Å². The fourth-order valence-corrected chi connectivity index (χ4v) is 1.64. The van der Waals surface area contributed by atoms with Gasteiger partial charge < -0.3 is 4.90 Å². The molecule has 16 heavy (non-hydrogen) atoms. The van der Waals surface area contributed by atoms with Crippen LogP contribution in [-0.2, 0) is 0 Å². The second kappa shape index (κ2) is 3.30. The van der Waals surface area contributed by atoms with Crippen molar-refractivity contribution in [2.24, 2.45) is 0 Å². The zero-order chi connectivity index (χ0) is 11.9. The normalized spacial score (nSPS) is 11.9. The van der Waals surface area contributed by atoms with Crippen LogP contribution in [-0.4, -0.2) is 16.4 Å². The maximum Gasteiger partial charge on any atom is 0.371 e. The summed E-state index contributed by atoms with van der Waals surface area (Å²) in [7, 11) is 0. The topological polar surface area (TPSA) is 89.3 Å². The van der Waals surface area contributed by atoms with E-state index in [1.165, 1.54) is 6.07 Å². The summed E-state index contributed by atoms with van der Waals surface area (Å²) in [6, 6.07) is 2.66. The molecular formula is C9H7N3O4. The molecule has 1 aromatic rings. The van der Waals surface area contributed by atoms with Gasteiger partial charge in [-0.1, -0.05) is 6.08 Å². The Morgan fingerprint density at radius 3 is 2.50 bits per heavy atom. The molecule has 0 saturated heterocycles. The monoisotopic (exact) mass is 221 g/mol. The van der Waals surface area contributed by atoms with E-state index in [9.17, 15) is 20.2 Å². The molecule has 1 aromatic carbocycles. The lowest BCUT2D eigenvalue weighted by molar-refractivity contribution is -0.421. The van der Waals surface area contributed by atoms with Crippen LogP contribution in [0.4, 0.5) is 22.7 Å². The molecule has 1 heterocycles. The lowest BCUT2D eigenvalue weighted by atomic mass is 10.3. The van der Waals surface area contributed by atoms with E-state index in [0.717, 1.165) is 6.07 Å². The highest BCUT2D eigenvalue weighted by molar-refractivity contribution is 6.02. The standard InChI is InChI=1S/C9H7N3O4/c1-2-5-10-6-3-4-7(11(13)14)9(8(6)10)12(15)16/h2-4H,1,5H2. The van der Waals surface area contributed by atoms with Gasteiger partial charge in [0.15, 0.2) is 5.69 Å². The highest BCUT2D eigenvalue weighted by Crippen LogP contribution is 2.56. The number of nitrogens with zero attached hydrogens (tertiary/aromatic N) is 3. The minimum atomic E-state index is -0.747. The lowest BCUT2D eigenvalue weighted by Gasteiger charge is -1.94. The first-order chi connectivity index (χ1) is 7.57. The van der Waals surface area contributed by atoms with Crippen molar-refractivity contribution >= 4 is 22.7 Å². The zero-order valence-electron chi connectivity index (χ0n) is 8.12. The molecule has 1 aliphatic heterocycles. The summed E-state index contributed by atoms with van der Waals surface area (Å²) in [5, 5.41) is 21.4. The third-order valence-electron chi connectivity index (χ3n) is 2.31. The maximum absolute atomic E-state index is 10.8. The predicted octanol–water partition coefficient (Wildman–Crippen LogP) is 2.14. The van der Waals surface area contributed by atoms with Crippen molar-refractivity contribution in [3.8, 4) is 0 Å². The maximum atomic E-state index is 10.8. The Hall–Kier alpha value is -2.44. The van der Waals surface area contributed by atoms with Crippen molar-refractivity contribution in [3.63, 3.8) is 0 Å². The Morgan fingerprint density at radius 2 is 2.00 bits per heavy atom. The lowest BCUT2D eigenvalue weighted by Crippen LogP contribution is -1.99. The number of nitro groups is 2. The van der Waals surface area contributed by atoms with Gasteiger partial charge in [0, 0.05) is 12.6 Å². The molecule has 0 atom stereocenters. The first-order valence-corrected chi connectivity index (χ1v) is 4.42. The number of nitro benzene ring substituents is 2. The fourth-order valence-electron chi connectivity index (χ4n) is 1.64. The number of hydrogen-bond acceptors (Lipinski definition) is 5. The quantitative estimate of drug-likeness (QED) is 0.336. The minimum Gasteiger partial charge on any atom is -0.328 e. The predicted molar refractivity (Wildman–Crippen MR) is 57.0 cm³/mol. The summed E-state index contributed by atoms with van der Waals surface area (Å²) in [6.45, 7) is 3.92. The molecule has 0 saturated carbocycles. The summed E-state index contributed by atoms with van der Waals surface area (Å²) < 4.78 is 0. The van der Waals surface area contributed by atoms with E-state index in [1.54, 1.807) is 11.0 Å². The van der Waals surface area contributed by atoms with Crippen LogP contribution in [0.2, 0.25) is 0 Å². The van der Waals surface area contributed by atoms with Crippen molar-refractivity contribution in [2.75, 3.05) is 11.4 Å². The van der Waals surface area contributed by atoms with Gasteiger partial charge in [-0.05, 0) is 6.07 Å². The summed E-state index contributed by atoms with van der Waals surface area (Å²) in [4.78, 5) is 21.5. The minimum absolute atomic E-state index is 0.319. The Balaban J connectivity index is 2.52. The van der Waals surface area contributed by atoms with Crippen LogP contribution in [0.15, 0.2) is 24.8 Å². The molecule has 82 valence electrons. The second-order valence-electron chi connectivity index (χ2n) is 3.21. The summed E-state index contributed by atoms with van der Waals surface area (Å²) >= 11 is 0. The molecule has 7 nitrogen and oxygen atoms in total. The van der Waals surface area contributed by atoms with Crippen molar-refractivity contribution < 1.29 is 9.85 Å². The number of anilines is 2. The molecule has 0 amide bonds. The van der Waals surface area contributed by atoms with Crippen LogP contribution in [0.3, 0.4) is 0 Å². The van der Waals surface area contributed by atoms with E-state index in [2.05, 4.69) is 6.58 Å². The zero-order valence-corrected chi connectivity index (χ0v) is 8.12.